The average molecular weight is 536 g/mol. The van der Waals surface area contributed by atoms with Crippen LogP contribution in [0.2, 0.25) is 16.6 Å². The Bertz CT molecular complexity index is 1470. The van der Waals surface area contributed by atoms with E-state index in [0.29, 0.717) is 45.3 Å². The summed E-state index contributed by atoms with van der Waals surface area (Å²) in [6.45, 7) is 13.3. The van der Waals surface area contributed by atoms with Crippen LogP contribution in [-0.2, 0) is 24.7 Å². The maximum atomic E-state index is 13.5. The van der Waals surface area contributed by atoms with Crippen LogP contribution in [0.3, 0.4) is 0 Å². The quantitative estimate of drug-likeness (QED) is 0.232. The van der Waals surface area contributed by atoms with Crippen LogP contribution in [0.15, 0.2) is 42.7 Å². The van der Waals surface area contributed by atoms with E-state index < -0.39 is 14.2 Å². The second-order valence-corrected chi connectivity index (χ2v) is 16.6. The first-order valence-electron chi connectivity index (χ1n) is 13.2. The van der Waals surface area contributed by atoms with E-state index in [1.807, 2.05) is 12.3 Å². The number of pyridine rings is 1. The number of carbonyl (C=O) groups is 1. The molecule has 4 rings (SSSR count). The Morgan fingerprint density at radius 3 is 2.21 bits per heavy atom. The molecule has 202 valence electrons. The van der Waals surface area contributed by atoms with Crippen molar-refractivity contribution in [1.82, 2.24) is 9.55 Å². The number of nitrogens with two attached hydrogens (primary N) is 1. The van der Waals surface area contributed by atoms with Gasteiger partial charge in [-0.1, -0.05) is 53.7 Å². The molecule has 4 aromatic rings. The van der Waals surface area contributed by atoms with Gasteiger partial charge in [0.2, 0.25) is 11.8 Å². The molecule has 0 aliphatic rings. The van der Waals surface area contributed by atoms with E-state index in [4.69, 9.17) is 15.1 Å². The maximum Gasteiger partial charge on any atom is 0.258 e. The number of hydrogen-bond donors (Lipinski definition) is 2. The second-order valence-electron chi connectivity index (χ2n) is 11.3. The van der Waals surface area contributed by atoms with Crippen LogP contribution in [0.25, 0.3) is 21.7 Å². The number of halogens is 1. The van der Waals surface area contributed by atoms with Crippen molar-refractivity contribution in [2.45, 2.75) is 71.0 Å². The van der Waals surface area contributed by atoms with E-state index >= 15 is 0 Å². The molecule has 0 unspecified atom stereocenters. The number of nitrogens with zero attached hydrogens (tertiary/aromatic N) is 2. The standard InChI is InChI=1S/C30H38FN3O3Si/c1-17(2)38(18(3)4,19(5)6)37-29-27-25(16-34(7)30(27)36)23(14-26(32)35)24-13-21(15-33-28(24)29)12-20-8-10-22(31)11-9-20/h8-11,13,15-19,36H,12,14H2,1-7H3,(H2,32,35). The summed E-state index contributed by atoms with van der Waals surface area (Å²) in [5.41, 5.74) is 9.81. The lowest BCUT2D eigenvalue weighted by atomic mass is 9.96. The number of fused-ring (bicyclic) bond motifs is 2. The van der Waals surface area contributed by atoms with Gasteiger partial charge in [0.1, 0.15) is 17.1 Å². The van der Waals surface area contributed by atoms with Gasteiger partial charge in [0, 0.05) is 30.2 Å². The third kappa shape index (κ3) is 4.77. The minimum atomic E-state index is -2.43. The maximum absolute atomic E-state index is 13.5. The second kappa shape index (κ2) is 10.4. The molecule has 3 N–H and O–H groups in total. The fourth-order valence-corrected chi connectivity index (χ4v) is 11.4. The molecular weight excluding hydrogens is 497 g/mol. The Morgan fingerprint density at radius 1 is 1.05 bits per heavy atom. The minimum Gasteiger partial charge on any atom is -0.541 e. The van der Waals surface area contributed by atoms with E-state index in [0.717, 1.165) is 21.9 Å². The van der Waals surface area contributed by atoms with Crippen LogP contribution in [0.4, 0.5) is 4.39 Å². The molecule has 0 saturated carbocycles. The Kier molecular flexibility index (Phi) is 7.57. The normalized spacial score (nSPS) is 12.4. The van der Waals surface area contributed by atoms with E-state index in [-0.39, 0.29) is 18.1 Å². The van der Waals surface area contributed by atoms with Crippen LogP contribution in [-0.4, -0.2) is 28.9 Å². The summed E-state index contributed by atoms with van der Waals surface area (Å²) in [5, 5.41) is 13.3. The molecule has 0 radical (unpaired) electrons. The lowest BCUT2D eigenvalue weighted by Gasteiger charge is -2.42. The van der Waals surface area contributed by atoms with Crippen LogP contribution in [0.1, 0.15) is 58.2 Å². The van der Waals surface area contributed by atoms with Crippen molar-refractivity contribution in [1.29, 1.82) is 0 Å². The minimum absolute atomic E-state index is 0.000468. The molecule has 0 bridgehead atoms. The predicted molar refractivity (Wildman–Crippen MR) is 154 cm³/mol. The number of aromatic hydroxyl groups is 1. The molecule has 8 heteroatoms. The number of hydrogen-bond acceptors (Lipinski definition) is 4. The summed E-state index contributed by atoms with van der Waals surface area (Å²) in [6.07, 6.45) is 4.17. The molecule has 2 heterocycles. The van der Waals surface area contributed by atoms with E-state index in [2.05, 4.69) is 41.5 Å². The summed E-state index contributed by atoms with van der Waals surface area (Å²) in [6, 6.07) is 8.41. The summed E-state index contributed by atoms with van der Waals surface area (Å²) < 4.78 is 22.3. The third-order valence-electron chi connectivity index (χ3n) is 7.84. The topological polar surface area (TPSA) is 90.4 Å². The number of carbonyl (C=O) groups excluding carboxylic acids is 1. The number of aryl methyl sites for hydroxylation is 1. The molecule has 0 spiro atoms. The van der Waals surface area contributed by atoms with Gasteiger partial charge in [0.15, 0.2) is 0 Å². The number of aromatic nitrogens is 2. The van der Waals surface area contributed by atoms with Gasteiger partial charge in [-0.25, -0.2) is 4.39 Å². The highest BCUT2D eigenvalue weighted by Gasteiger charge is 2.48. The van der Waals surface area contributed by atoms with Crippen molar-refractivity contribution < 1.29 is 18.7 Å². The van der Waals surface area contributed by atoms with E-state index in [9.17, 15) is 14.3 Å². The highest BCUT2D eigenvalue weighted by Crippen LogP contribution is 2.49. The molecule has 0 atom stereocenters. The van der Waals surface area contributed by atoms with Gasteiger partial charge in [-0.15, -0.1) is 0 Å². The van der Waals surface area contributed by atoms with Gasteiger partial charge in [-0.3, -0.25) is 9.78 Å². The third-order valence-corrected chi connectivity index (χ3v) is 13.8. The fraction of sp³-hybridized carbons (Fsp3) is 0.400. The average Bonchev–Trinajstić information content (AvgIpc) is 3.13. The predicted octanol–water partition coefficient (Wildman–Crippen LogP) is 6.74. The van der Waals surface area contributed by atoms with Gasteiger partial charge in [-0.2, -0.15) is 0 Å². The lowest BCUT2D eigenvalue weighted by molar-refractivity contribution is -0.117. The summed E-state index contributed by atoms with van der Waals surface area (Å²) in [4.78, 5) is 17.1. The van der Waals surface area contributed by atoms with Gasteiger partial charge in [0.25, 0.3) is 8.32 Å². The largest absolute Gasteiger partial charge is 0.541 e. The molecule has 2 aromatic heterocycles. The van der Waals surface area contributed by atoms with Gasteiger partial charge >= 0.3 is 0 Å². The van der Waals surface area contributed by atoms with Crippen LogP contribution >= 0.6 is 0 Å². The fourth-order valence-electron chi connectivity index (χ4n) is 6.18. The zero-order valence-corrected chi connectivity index (χ0v) is 24.3. The first-order valence-corrected chi connectivity index (χ1v) is 15.3. The monoisotopic (exact) mass is 535 g/mol. The molecule has 0 saturated heterocycles. The van der Waals surface area contributed by atoms with E-state index in [1.54, 1.807) is 29.9 Å². The van der Waals surface area contributed by atoms with E-state index in [1.165, 1.54) is 12.1 Å². The van der Waals surface area contributed by atoms with Crippen molar-refractivity contribution in [2.24, 2.45) is 12.8 Å². The Hall–Kier alpha value is -3.39. The molecule has 0 fully saturated rings. The highest BCUT2D eigenvalue weighted by molar-refractivity contribution is 6.78. The molecular formula is C30H38FN3O3Si. The Morgan fingerprint density at radius 2 is 1.66 bits per heavy atom. The Balaban J connectivity index is 2.05. The smallest absolute Gasteiger partial charge is 0.258 e. The number of rotatable bonds is 9. The highest BCUT2D eigenvalue weighted by atomic mass is 28.4. The molecule has 6 nitrogen and oxygen atoms in total. The summed E-state index contributed by atoms with van der Waals surface area (Å²) >= 11 is 0. The van der Waals surface area contributed by atoms with Crippen LogP contribution in [0, 0.1) is 5.82 Å². The first-order chi connectivity index (χ1) is 17.9. The molecule has 38 heavy (non-hydrogen) atoms. The molecule has 2 aromatic carbocycles. The van der Waals surface area contributed by atoms with Crippen molar-refractivity contribution in [3.63, 3.8) is 0 Å². The zero-order chi connectivity index (χ0) is 27.9. The lowest BCUT2D eigenvalue weighted by Crippen LogP contribution is -2.50. The molecule has 0 aliphatic heterocycles. The van der Waals surface area contributed by atoms with Gasteiger partial charge < -0.3 is 19.8 Å². The van der Waals surface area contributed by atoms with Crippen molar-refractivity contribution in [3.8, 4) is 11.6 Å². The number of amides is 1. The molecule has 1 amide bonds. The number of benzene rings is 2. The van der Waals surface area contributed by atoms with Crippen molar-refractivity contribution >= 4 is 35.9 Å². The SMILES string of the molecule is CC(C)[Si](Oc1c2ncc(Cc3ccc(F)cc3)cc2c(CC(N)=O)c2cn(C)c(O)c12)(C(C)C)C(C)C. The first kappa shape index (κ1) is 27.6. The van der Waals surface area contributed by atoms with Crippen molar-refractivity contribution in [2.75, 3.05) is 0 Å². The van der Waals surface area contributed by atoms with Crippen LogP contribution in [0.5, 0.6) is 11.6 Å². The zero-order valence-electron chi connectivity index (χ0n) is 23.3. The van der Waals surface area contributed by atoms with Crippen molar-refractivity contribution in [3.05, 3.63) is 65.2 Å². The number of primary amides is 1. The van der Waals surface area contributed by atoms with Gasteiger partial charge in [0.05, 0.1) is 11.8 Å². The van der Waals surface area contributed by atoms with Gasteiger partial charge in [-0.05, 0) is 57.9 Å². The summed E-state index contributed by atoms with van der Waals surface area (Å²) in [7, 11) is -0.666. The summed E-state index contributed by atoms with van der Waals surface area (Å²) in [5.74, 6) is -0.115. The Labute approximate surface area is 224 Å². The molecule has 0 aliphatic carbocycles. The van der Waals surface area contributed by atoms with Crippen LogP contribution < -0.4 is 10.2 Å².